The molecule has 0 atom stereocenters. The molecule has 0 spiro atoms. The van der Waals surface area contributed by atoms with Gasteiger partial charge in [0, 0.05) is 25.2 Å². The second-order valence-corrected chi connectivity index (χ2v) is 6.77. The van der Waals surface area contributed by atoms with Crippen molar-refractivity contribution in [2.45, 2.75) is 38.0 Å². The number of pyridine rings is 1. The van der Waals surface area contributed by atoms with Gasteiger partial charge in [-0.05, 0) is 31.4 Å². The lowest BCUT2D eigenvalue weighted by Crippen LogP contribution is -2.17. The van der Waals surface area contributed by atoms with Crippen molar-refractivity contribution in [2.24, 2.45) is 12.8 Å². The average Bonchev–Trinajstić information content (AvgIpc) is 3.31. The van der Waals surface area contributed by atoms with Crippen LogP contribution in [0.5, 0.6) is 0 Å². The highest BCUT2D eigenvalue weighted by atomic mass is 19.4. The Balaban J connectivity index is 0.000000195. The highest BCUT2D eigenvalue weighted by Gasteiger charge is 2.37. The number of nitrogens with zero attached hydrogens (tertiary/aromatic N) is 5. The molecule has 0 unspecified atom stereocenters. The zero-order valence-corrected chi connectivity index (χ0v) is 16.5. The fourth-order valence-electron chi connectivity index (χ4n) is 2.91. The highest BCUT2D eigenvalue weighted by Crippen LogP contribution is 2.32. The number of oxazole rings is 1. The summed E-state index contributed by atoms with van der Waals surface area (Å²) in [7, 11) is 1.16. The van der Waals surface area contributed by atoms with Gasteiger partial charge in [0.25, 0.3) is 11.7 Å². The van der Waals surface area contributed by atoms with Crippen molar-refractivity contribution in [3.8, 4) is 11.5 Å². The normalized spacial score (nSPS) is 13.8. The summed E-state index contributed by atoms with van der Waals surface area (Å²) < 4.78 is 79.9. The van der Waals surface area contributed by atoms with E-state index < -0.39 is 35.6 Å². The minimum Gasteiger partial charge on any atom is -0.441 e. The van der Waals surface area contributed by atoms with Crippen molar-refractivity contribution in [3.05, 3.63) is 47.1 Å². The Morgan fingerprint density at radius 2 is 1.78 bits per heavy atom. The Bertz CT molecular complexity index is 1090. The number of halogens is 6. The third-order valence-electron chi connectivity index (χ3n) is 4.38. The van der Waals surface area contributed by atoms with Gasteiger partial charge in [-0.25, -0.2) is 9.67 Å². The fraction of sp³-hybridized carbons (Fsp3) is 0.389. The van der Waals surface area contributed by atoms with Crippen LogP contribution in [-0.4, -0.2) is 30.6 Å². The maximum absolute atomic E-state index is 12.6. The fourth-order valence-corrected chi connectivity index (χ4v) is 2.91. The Kier molecular flexibility index (Phi) is 6.23. The zero-order chi connectivity index (χ0) is 23.7. The molecule has 14 heteroatoms. The number of carbonyl (C=O) groups excluding carboxylic acids is 1. The molecule has 0 radical (unpaired) electrons. The number of primary amides is 1. The molecule has 172 valence electrons. The molecule has 2 N–H and O–H groups in total. The molecule has 0 saturated heterocycles. The molecule has 0 bridgehead atoms. The highest BCUT2D eigenvalue weighted by molar-refractivity contribution is 5.88. The van der Waals surface area contributed by atoms with Crippen LogP contribution in [0.4, 0.5) is 26.3 Å². The van der Waals surface area contributed by atoms with Crippen molar-refractivity contribution in [1.29, 1.82) is 0 Å². The van der Waals surface area contributed by atoms with Crippen LogP contribution >= 0.6 is 0 Å². The largest absolute Gasteiger partial charge is 0.453 e. The van der Waals surface area contributed by atoms with Gasteiger partial charge in [0.15, 0.2) is 0 Å². The summed E-state index contributed by atoms with van der Waals surface area (Å²) >= 11 is 0. The van der Waals surface area contributed by atoms with Gasteiger partial charge < -0.3 is 10.2 Å². The summed E-state index contributed by atoms with van der Waals surface area (Å²) in [4.78, 5) is 21.0. The molecular formula is C18H16F6N6O2. The molecule has 3 aromatic rings. The number of aromatic nitrogens is 5. The SMILES string of the molecule is Cn1nc(C(F)(F)F)nc1C(N)=O.FC(F)(F)c1cc(-c2nc3c(o2)CCCC3)ccn1. The maximum atomic E-state index is 12.6. The van der Waals surface area contributed by atoms with Gasteiger partial charge >= 0.3 is 12.4 Å². The molecule has 8 nitrogen and oxygen atoms in total. The molecule has 0 fully saturated rings. The van der Waals surface area contributed by atoms with E-state index in [0.717, 1.165) is 56.4 Å². The molecule has 1 aliphatic rings. The first-order valence-electron chi connectivity index (χ1n) is 9.16. The average molecular weight is 462 g/mol. The Hall–Kier alpha value is -3.45. The summed E-state index contributed by atoms with van der Waals surface area (Å²) in [5.74, 6) is -1.90. The standard InChI is InChI=1S/C13H11F3N2O.C5H5F3N4O/c14-13(15,16)11-7-8(5-6-17-11)12-18-9-3-1-2-4-10(9)19-12;1-12-3(2(9)13)10-4(11-12)5(6,7)8/h5-7H,1-4H2;1H3,(H2,9,13). The predicted octanol–water partition coefficient (Wildman–Crippen LogP) is 3.57. The first-order valence-corrected chi connectivity index (χ1v) is 9.16. The van der Waals surface area contributed by atoms with Crippen molar-refractivity contribution in [1.82, 2.24) is 24.7 Å². The van der Waals surface area contributed by atoms with Gasteiger partial charge in [0.2, 0.25) is 11.7 Å². The van der Waals surface area contributed by atoms with Gasteiger partial charge in [0.1, 0.15) is 11.5 Å². The molecule has 0 saturated carbocycles. The lowest BCUT2D eigenvalue weighted by atomic mass is 10.0. The molecule has 1 aliphatic carbocycles. The number of rotatable bonds is 2. The van der Waals surface area contributed by atoms with Crippen LogP contribution in [0.2, 0.25) is 0 Å². The summed E-state index contributed by atoms with van der Waals surface area (Å²) in [6, 6.07) is 2.45. The van der Waals surface area contributed by atoms with Gasteiger partial charge in [0.05, 0.1) is 5.69 Å². The molecule has 3 heterocycles. The van der Waals surface area contributed by atoms with Crippen LogP contribution in [0.25, 0.3) is 11.5 Å². The number of aryl methyl sites for hydroxylation is 3. The second kappa shape index (κ2) is 8.59. The summed E-state index contributed by atoms with van der Waals surface area (Å²) in [5.41, 5.74) is 5.00. The number of alkyl halides is 6. The third kappa shape index (κ3) is 5.23. The number of hydrogen-bond donors (Lipinski definition) is 1. The van der Waals surface area contributed by atoms with Crippen LogP contribution in [0.15, 0.2) is 22.7 Å². The van der Waals surface area contributed by atoms with Gasteiger partial charge in [-0.2, -0.15) is 31.3 Å². The van der Waals surface area contributed by atoms with E-state index in [1.807, 2.05) is 0 Å². The number of carbonyl (C=O) groups is 1. The predicted molar refractivity (Wildman–Crippen MR) is 95.9 cm³/mol. The lowest BCUT2D eigenvalue weighted by Gasteiger charge is -2.05. The molecule has 1 amide bonds. The number of amides is 1. The van der Waals surface area contributed by atoms with E-state index in [2.05, 4.69) is 20.1 Å². The number of nitrogens with two attached hydrogens (primary N) is 1. The van der Waals surface area contributed by atoms with Crippen LogP contribution in [0.3, 0.4) is 0 Å². The molecule has 32 heavy (non-hydrogen) atoms. The van der Waals surface area contributed by atoms with Gasteiger partial charge in [-0.1, -0.05) is 0 Å². The minimum absolute atomic E-state index is 0.250. The summed E-state index contributed by atoms with van der Waals surface area (Å²) in [6.07, 6.45) is -4.28. The Morgan fingerprint density at radius 3 is 2.31 bits per heavy atom. The minimum atomic E-state index is -4.66. The molecule has 0 aromatic carbocycles. The summed E-state index contributed by atoms with van der Waals surface area (Å²) in [6.45, 7) is 0. The zero-order valence-electron chi connectivity index (χ0n) is 16.5. The van der Waals surface area contributed by atoms with Crippen LogP contribution in [0.1, 0.15) is 46.4 Å². The summed E-state index contributed by atoms with van der Waals surface area (Å²) in [5, 5.41) is 2.98. The van der Waals surface area contributed by atoms with Crippen molar-refractivity contribution in [2.75, 3.05) is 0 Å². The maximum Gasteiger partial charge on any atom is 0.453 e. The molecule has 3 aromatic heterocycles. The van der Waals surface area contributed by atoms with Gasteiger partial charge in [-0.15, -0.1) is 5.10 Å². The lowest BCUT2D eigenvalue weighted by molar-refractivity contribution is -0.145. The van der Waals surface area contributed by atoms with E-state index in [1.165, 1.54) is 6.07 Å². The first kappa shape index (κ1) is 23.2. The van der Waals surface area contributed by atoms with E-state index in [0.29, 0.717) is 10.2 Å². The van der Waals surface area contributed by atoms with Crippen LogP contribution < -0.4 is 5.73 Å². The number of fused-ring (bicyclic) bond motifs is 1. The van der Waals surface area contributed by atoms with E-state index in [-0.39, 0.29) is 5.89 Å². The first-order chi connectivity index (χ1) is 14.9. The topological polar surface area (TPSA) is 113 Å². The van der Waals surface area contributed by atoms with Crippen LogP contribution in [-0.2, 0) is 32.2 Å². The Labute approximate surface area is 176 Å². The van der Waals surface area contributed by atoms with E-state index in [4.69, 9.17) is 10.2 Å². The monoisotopic (exact) mass is 462 g/mol. The smallest absolute Gasteiger partial charge is 0.441 e. The number of hydrogen-bond acceptors (Lipinski definition) is 6. The van der Waals surface area contributed by atoms with Crippen molar-refractivity contribution in [3.63, 3.8) is 0 Å². The van der Waals surface area contributed by atoms with Crippen molar-refractivity contribution >= 4 is 5.91 Å². The molecule has 0 aliphatic heterocycles. The van der Waals surface area contributed by atoms with E-state index in [9.17, 15) is 31.1 Å². The third-order valence-corrected chi connectivity index (χ3v) is 4.38. The van der Waals surface area contributed by atoms with E-state index in [1.54, 1.807) is 0 Å². The van der Waals surface area contributed by atoms with E-state index >= 15 is 0 Å². The Morgan fingerprint density at radius 1 is 1.09 bits per heavy atom. The molecular weight excluding hydrogens is 446 g/mol. The second-order valence-electron chi connectivity index (χ2n) is 6.77. The van der Waals surface area contributed by atoms with Crippen LogP contribution in [0, 0.1) is 0 Å². The van der Waals surface area contributed by atoms with Gasteiger partial charge in [-0.3, -0.25) is 9.78 Å². The van der Waals surface area contributed by atoms with Crippen molar-refractivity contribution < 1.29 is 35.6 Å². The quantitative estimate of drug-likeness (QED) is 0.583. The molecule has 4 rings (SSSR count).